The van der Waals surface area contributed by atoms with Crippen molar-refractivity contribution >= 4 is 17.1 Å². The highest BCUT2D eigenvalue weighted by Crippen LogP contribution is 2.10. The molecule has 1 N–H and O–H groups in total. The summed E-state index contributed by atoms with van der Waals surface area (Å²) >= 11 is 0. The fourth-order valence-electron chi connectivity index (χ4n) is 1.21. The van der Waals surface area contributed by atoms with E-state index in [0.717, 1.165) is 10.9 Å². The standard InChI is InChI=1S/C10H8N2O/c13-11-7-9-6-5-8-3-1-2-4-10(8)12-9/h1-7,13H. The summed E-state index contributed by atoms with van der Waals surface area (Å²) in [4.78, 5) is 4.26. The van der Waals surface area contributed by atoms with Crippen LogP contribution in [0.2, 0.25) is 0 Å². The van der Waals surface area contributed by atoms with Crippen molar-refractivity contribution in [2.75, 3.05) is 0 Å². The molecular formula is C10H8N2O. The fraction of sp³-hybridized carbons (Fsp3) is 0. The molecule has 1 aromatic carbocycles. The molecule has 2 rings (SSSR count). The van der Waals surface area contributed by atoms with Crippen molar-refractivity contribution < 1.29 is 5.21 Å². The molecule has 0 bridgehead atoms. The van der Waals surface area contributed by atoms with Crippen LogP contribution in [0.1, 0.15) is 5.69 Å². The molecule has 0 aliphatic heterocycles. The Morgan fingerprint density at radius 1 is 1.15 bits per heavy atom. The zero-order valence-electron chi connectivity index (χ0n) is 6.88. The van der Waals surface area contributed by atoms with E-state index in [9.17, 15) is 0 Å². The molecule has 0 unspecified atom stereocenters. The third-order valence-corrected chi connectivity index (χ3v) is 1.81. The van der Waals surface area contributed by atoms with E-state index in [-0.39, 0.29) is 0 Å². The highest BCUT2D eigenvalue weighted by atomic mass is 16.4. The van der Waals surface area contributed by atoms with Gasteiger partial charge in [0.25, 0.3) is 0 Å². The molecule has 2 aromatic rings. The van der Waals surface area contributed by atoms with Gasteiger partial charge in [-0.3, -0.25) is 0 Å². The van der Waals surface area contributed by atoms with E-state index in [0.29, 0.717) is 5.69 Å². The summed E-state index contributed by atoms with van der Waals surface area (Å²) in [5.74, 6) is 0. The van der Waals surface area contributed by atoms with Gasteiger partial charge in [-0.15, -0.1) is 0 Å². The molecule has 1 heterocycles. The molecule has 3 nitrogen and oxygen atoms in total. The van der Waals surface area contributed by atoms with Crippen molar-refractivity contribution in [3.05, 3.63) is 42.1 Å². The zero-order chi connectivity index (χ0) is 9.10. The summed E-state index contributed by atoms with van der Waals surface area (Å²) in [5, 5.41) is 12.3. The van der Waals surface area contributed by atoms with Gasteiger partial charge in [0, 0.05) is 5.39 Å². The minimum absolute atomic E-state index is 0.654. The average Bonchev–Trinajstić information content (AvgIpc) is 2.18. The molecule has 0 fully saturated rings. The maximum absolute atomic E-state index is 8.32. The highest BCUT2D eigenvalue weighted by Gasteiger charge is 1.94. The molecule has 0 amide bonds. The summed E-state index contributed by atoms with van der Waals surface area (Å²) in [6.07, 6.45) is 1.31. The van der Waals surface area contributed by atoms with Crippen molar-refractivity contribution in [3.8, 4) is 0 Å². The van der Waals surface area contributed by atoms with Crippen LogP contribution in [0.5, 0.6) is 0 Å². The molecule has 0 aliphatic carbocycles. The second kappa shape index (κ2) is 3.23. The van der Waals surface area contributed by atoms with Gasteiger partial charge in [-0.2, -0.15) is 0 Å². The Balaban J connectivity index is 2.62. The lowest BCUT2D eigenvalue weighted by Crippen LogP contribution is -1.87. The van der Waals surface area contributed by atoms with Crippen molar-refractivity contribution in [2.24, 2.45) is 5.16 Å². The van der Waals surface area contributed by atoms with Gasteiger partial charge in [0.2, 0.25) is 0 Å². The lowest BCUT2D eigenvalue weighted by molar-refractivity contribution is 0.321. The second-order valence-corrected chi connectivity index (χ2v) is 2.67. The number of aromatic nitrogens is 1. The largest absolute Gasteiger partial charge is 0.411 e. The van der Waals surface area contributed by atoms with Gasteiger partial charge in [0.15, 0.2) is 0 Å². The predicted octanol–water partition coefficient (Wildman–Crippen LogP) is 2.04. The quantitative estimate of drug-likeness (QED) is 0.406. The van der Waals surface area contributed by atoms with Crippen LogP contribution in [-0.4, -0.2) is 16.4 Å². The van der Waals surface area contributed by atoms with E-state index in [1.54, 1.807) is 0 Å². The lowest BCUT2D eigenvalue weighted by Gasteiger charge is -1.96. The fourth-order valence-corrected chi connectivity index (χ4v) is 1.21. The Hall–Kier alpha value is -1.90. The maximum Gasteiger partial charge on any atom is 0.0918 e. The first-order valence-corrected chi connectivity index (χ1v) is 3.93. The van der Waals surface area contributed by atoms with Crippen molar-refractivity contribution in [2.45, 2.75) is 0 Å². The minimum atomic E-state index is 0.654. The third-order valence-electron chi connectivity index (χ3n) is 1.81. The third kappa shape index (κ3) is 1.49. The summed E-state index contributed by atoms with van der Waals surface area (Å²) < 4.78 is 0. The minimum Gasteiger partial charge on any atom is -0.411 e. The van der Waals surface area contributed by atoms with E-state index < -0.39 is 0 Å². The van der Waals surface area contributed by atoms with Gasteiger partial charge in [-0.25, -0.2) is 4.98 Å². The molecule has 0 atom stereocenters. The first kappa shape index (κ1) is 7.73. The average molecular weight is 172 g/mol. The van der Waals surface area contributed by atoms with E-state index in [4.69, 9.17) is 5.21 Å². The smallest absolute Gasteiger partial charge is 0.0918 e. The summed E-state index contributed by atoms with van der Waals surface area (Å²) in [7, 11) is 0. The van der Waals surface area contributed by atoms with Gasteiger partial charge < -0.3 is 5.21 Å². The molecule has 0 saturated carbocycles. The van der Waals surface area contributed by atoms with Crippen LogP contribution >= 0.6 is 0 Å². The van der Waals surface area contributed by atoms with E-state index >= 15 is 0 Å². The van der Waals surface area contributed by atoms with Gasteiger partial charge >= 0.3 is 0 Å². The van der Waals surface area contributed by atoms with Crippen molar-refractivity contribution in [1.82, 2.24) is 4.98 Å². The van der Waals surface area contributed by atoms with Crippen LogP contribution < -0.4 is 0 Å². The molecule has 0 saturated heterocycles. The van der Waals surface area contributed by atoms with E-state index in [1.807, 2.05) is 36.4 Å². The van der Waals surface area contributed by atoms with Crippen LogP contribution in [0.15, 0.2) is 41.6 Å². The maximum atomic E-state index is 8.32. The number of nitrogens with zero attached hydrogens (tertiary/aromatic N) is 2. The Morgan fingerprint density at radius 2 is 2.00 bits per heavy atom. The Kier molecular flexibility index (Phi) is 1.92. The number of rotatable bonds is 1. The van der Waals surface area contributed by atoms with Crippen LogP contribution in [-0.2, 0) is 0 Å². The normalized spacial score (nSPS) is 11.1. The number of hydrogen-bond donors (Lipinski definition) is 1. The summed E-state index contributed by atoms with van der Waals surface area (Å²) in [6.45, 7) is 0. The number of benzene rings is 1. The molecule has 13 heavy (non-hydrogen) atoms. The summed E-state index contributed by atoms with van der Waals surface area (Å²) in [6, 6.07) is 11.5. The summed E-state index contributed by atoms with van der Waals surface area (Å²) in [5.41, 5.74) is 1.56. The number of oxime groups is 1. The van der Waals surface area contributed by atoms with Crippen LogP contribution in [0.4, 0.5) is 0 Å². The SMILES string of the molecule is ON=Cc1ccc2ccccc2n1. The number of fused-ring (bicyclic) bond motifs is 1. The zero-order valence-corrected chi connectivity index (χ0v) is 6.88. The Bertz CT molecular complexity index is 451. The molecule has 0 radical (unpaired) electrons. The first-order chi connectivity index (χ1) is 6.40. The monoisotopic (exact) mass is 172 g/mol. The molecule has 0 aliphatic rings. The van der Waals surface area contributed by atoms with E-state index in [1.165, 1.54) is 6.21 Å². The lowest BCUT2D eigenvalue weighted by atomic mass is 10.2. The number of pyridine rings is 1. The Morgan fingerprint density at radius 3 is 2.85 bits per heavy atom. The van der Waals surface area contributed by atoms with Gasteiger partial charge in [-0.1, -0.05) is 29.4 Å². The molecule has 1 aromatic heterocycles. The number of hydrogen-bond acceptors (Lipinski definition) is 3. The van der Waals surface area contributed by atoms with E-state index in [2.05, 4.69) is 10.1 Å². The van der Waals surface area contributed by atoms with Crippen LogP contribution in [0.25, 0.3) is 10.9 Å². The predicted molar refractivity (Wildman–Crippen MR) is 51.1 cm³/mol. The van der Waals surface area contributed by atoms with Gasteiger partial charge in [-0.05, 0) is 12.1 Å². The van der Waals surface area contributed by atoms with Crippen LogP contribution in [0.3, 0.4) is 0 Å². The number of para-hydroxylation sites is 1. The van der Waals surface area contributed by atoms with Crippen LogP contribution in [0, 0.1) is 0 Å². The van der Waals surface area contributed by atoms with Gasteiger partial charge in [0.05, 0.1) is 17.4 Å². The first-order valence-electron chi connectivity index (χ1n) is 3.93. The van der Waals surface area contributed by atoms with Crippen molar-refractivity contribution in [1.29, 1.82) is 0 Å². The molecule has 0 spiro atoms. The highest BCUT2D eigenvalue weighted by molar-refractivity contribution is 5.84. The molecule has 3 heteroatoms. The topological polar surface area (TPSA) is 45.5 Å². The molecule has 64 valence electrons. The van der Waals surface area contributed by atoms with Gasteiger partial charge in [0.1, 0.15) is 0 Å². The Labute approximate surface area is 75.3 Å². The second-order valence-electron chi connectivity index (χ2n) is 2.67. The van der Waals surface area contributed by atoms with Crippen molar-refractivity contribution in [3.63, 3.8) is 0 Å². The molecular weight excluding hydrogens is 164 g/mol.